The Labute approximate surface area is 148 Å². The van der Waals surface area contributed by atoms with Crippen LogP contribution in [0.25, 0.3) is 6.08 Å². The van der Waals surface area contributed by atoms with E-state index in [1.54, 1.807) is 18.2 Å². The number of amides is 1. The number of rotatable bonds is 3. The lowest BCUT2D eigenvalue weighted by atomic mass is 10.1. The molecule has 1 aliphatic heterocycles. The van der Waals surface area contributed by atoms with Crippen LogP contribution in [-0.2, 0) is 4.79 Å². The molecule has 2 aromatic carbocycles. The number of carbonyl (C=O) groups excluding carboxylic acids is 1. The van der Waals surface area contributed by atoms with Gasteiger partial charge in [0.05, 0.1) is 15.5 Å². The molecule has 3 rings (SSSR count). The molecule has 1 saturated heterocycles. The second-order valence-corrected chi connectivity index (χ2v) is 6.65. The summed E-state index contributed by atoms with van der Waals surface area (Å²) in [6, 6.07) is 12.1. The molecule has 2 aromatic rings. The number of aliphatic imine (C=N–C) groups is 1. The highest BCUT2D eigenvalue weighted by Crippen LogP contribution is 2.30. The van der Waals surface area contributed by atoms with E-state index < -0.39 is 4.92 Å². The highest BCUT2D eigenvalue weighted by atomic mass is 32.2. The molecule has 1 amide bonds. The minimum absolute atomic E-state index is 0.0120. The van der Waals surface area contributed by atoms with Crippen molar-refractivity contribution in [3.05, 3.63) is 74.2 Å². The molecule has 0 atom stereocenters. The standard InChI is InChI=1S/C18H15N3O3S/c1-11-6-7-12(2)15(8-11)19-18-20-17(22)16(25-18)10-13-4-3-5-14(9-13)21(23)24/h3-10H,1-2H3,(H,19,20,22)/b16-10-. The molecule has 25 heavy (non-hydrogen) atoms. The van der Waals surface area contributed by atoms with E-state index in [9.17, 15) is 14.9 Å². The number of hydrogen-bond acceptors (Lipinski definition) is 5. The van der Waals surface area contributed by atoms with Crippen molar-refractivity contribution in [2.75, 3.05) is 0 Å². The molecule has 1 N–H and O–H groups in total. The SMILES string of the molecule is Cc1ccc(C)c(N=C2NC(=O)/C(=C/c3cccc([N+](=O)[O-])c3)S2)c1. The van der Waals surface area contributed by atoms with E-state index in [1.807, 2.05) is 32.0 Å². The zero-order valence-corrected chi connectivity index (χ0v) is 14.5. The smallest absolute Gasteiger partial charge is 0.270 e. The zero-order valence-electron chi connectivity index (χ0n) is 13.6. The third-order valence-electron chi connectivity index (χ3n) is 3.62. The van der Waals surface area contributed by atoms with Crippen molar-refractivity contribution in [3.63, 3.8) is 0 Å². The molecule has 7 heteroatoms. The number of benzene rings is 2. The number of nitro benzene ring substituents is 1. The van der Waals surface area contributed by atoms with Gasteiger partial charge >= 0.3 is 0 Å². The Bertz CT molecular complexity index is 935. The molecular weight excluding hydrogens is 338 g/mol. The molecule has 1 heterocycles. The Morgan fingerprint density at radius 1 is 1.20 bits per heavy atom. The Morgan fingerprint density at radius 3 is 2.76 bits per heavy atom. The first-order valence-electron chi connectivity index (χ1n) is 7.54. The van der Waals surface area contributed by atoms with Gasteiger partial charge in [-0.1, -0.05) is 24.3 Å². The fourth-order valence-corrected chi connectivity index (χ4v) is 3.14. The number of nitrogens with zero attached hydrogens (tertiary/aromatic N) is 2. The Hall–Kier alpha value is -2.93. The van der Waals surface area contributed by atoms with Crippen LogP contribution in [0.3, 0.4) is 0 Å². The topological polar surface area (TPSA) is 84.6 Å². The van der Waals surface area contributed by atoms with Crippen molar-refractivity contribution in [2.45, 2.75) is 13.8 Å². The summed E-state index contributed by atoms with van der Waals surface area (Å²) in [4.78, 5) is 27.5. The fourth-order valence-electron chi connectivity index (χ4n) is 2.31. The van der Waals surface area contributed by atoms with E-state index in [4.69, 9.17) is 0 Å². The molecule has 1 aliphatic rings. The van der Waals surface area contributed by atoms with Gasteiger partial charge in [0, 0.05) is 12.1 Å². The summed E-state index contributed by atoms with van der Waals surface area (Å²) in [5.74, 6) is -0.263. The van der Waals surface area contributed by atoms with Crippen LogP contribution in [0.2, 0.25) is 0 Å². The van der Waals surface area contributed by atoms with Gasteiger partial charge in [0.15, 0.2) is 5.17 Å². The summed E-state index contributed by atoms with van der Waals surface area (Å²) in [7, 11) is 0. The van der Waals surface area contributed by atoms with Crippen molar-refractivity contribution in [3.8, 4) is 0 Å². The summed E-state index contributed by atoms with van der Waals surface area (Å²) >= 11 is 1.22. The molecule has 0 aliphatic carbocycles. The fraction of sp³-hybridized carbons (Fsp3) is 0.111. The van der Waals surface area contributed by atoms with Crippen LogP contribution in [0.1, 0.15) is 16.7 Å². The van der Waals surface area contributed by atoms with Crippen molar-refractivity contribution < 1.29 is 9.72 Å². The minimum atomic E-state index is -0.461. The lowest BCUT2D eigenvalue weighted by Gasteiger charge is -2.02. The van der Waals surface area contributed by atoms with Crippen molar-refractivity contribution in [1.82, 2.24) is 5.32 Å². The van der Waals surface area contributed by atoms with Crippen molar-refractivity contribution in [2.24, 2.45) is 4.99 Å². The predicted molar refractivity (Wildman–Crippen MR) is 99.8 cm³/mol. The molecule has 0 saturated carbocycles. The number of aryl methyl sites for hydroxylation is 2. The highest BCUT2D eigenvalue weighted by molar-refractivity contribution is 8.18. The molecule has 0 aromatic heterocycles. The molecule has 6 nitrogen and oxygen atoms in total. The number of carbonyl (C=O) groups is 1. The van der Waals surface area contributed by atoms with Gasteiger partial charge in [0.2, 0.25) is 0 Å². The van der Waals surface area contributed by atoms with Gasteiger partial charge in [0.1, 0.15) is 0 Å². The summed E-state index contributed by atoms with van der Waals surface area (Å²) in [6.45, 7) is 3.94. The number of non-ortho nitro benzene ring substituents is 1. The van der Waals surface area contributed by atoms with Gasteiger partial charge in [-0.25, -0.2) is 4.99 Å². The largest absolute Gasteiger partial charge is 0.300 e. The van der Waals surface area contributed by atoms with E-state index in [1.165, 1.54) is 23.9 Å². The summed E-state index contributed by atoms with van der Waals surface area (Å²) in [6.07, 6.45) is 1.62. The van der Waals surface area contributed by atoms with Crippen LogP contribution in [0.15, 0.2) is 52.4 Å². The van der Waals surface area contributed by atoms with Crippen LogP contribution >= 0.6 is 11.8 Å². The Balaban J connectivity index is 1.87. The second kappa shape index (κ2) is 6.90. The molecule has 1 fully saturated rings. The van der Waals surface area contributed by atoms with Crippen LogP contribution in [-0.4, -0.2) is 16.0 Å². The third-order valence-corrected chi connectivity index (χ3v) is 4.53. The van der Waals surface area contributed by atoms with Crippen LogP contribution in [0, 0.1) is 24.0 Å². The molecule has 0 unspecified atom stereocenters. The van der Waals surface area contributed by atoms with Gasteiger partial charge in [0.25, 0.3) is 11.6 Å². The number of hydrogen-bond donors (Lipinski definition) is 1. The van der Waals surface area contributed by atoms with Crippen molar-refractivity contribution >= 4 is 40.3 Å². The first-order chi connectivity index (χ1) is 11.9. The van der Waals surface area contributed by atoms with Gasteiger partial charge < -0.3 is 5.32 Å². The van der Waals surface area contributed by atoms with E-state index in [0.29, 0.717) is 15.6 Å². The predicted octanol–water partition coefficient (Wildman–Crippen LogP) is 4.10. The first kappa shape index (κ1) is 16.9. The summed E-state index contributed by atoms with van der Waals surface area (Å²) in [5.41, 5.74) is 3.50. The van der Waals surface area contributed by atoms with Crippen molar-refractivity contribution in [1.29, 1.82) is 0 Å². The first-order valence-corrected chi connectivity index (χ1v) is 8.35. The third kappa shape index (κ3) is 3.95. The van der Waals surface area contributed by atoms with E-state index in [0.717, 1.165) is 16.8 Å². The van der Waals surface area contributed by atoms with Gasteiger partial charge in [-0.05, 0) is 54.4 Å². The Kier molecular flexibility index (Phi) is 4.67. The lowest BCUT2D eigenvalue weighted by molar-refractivity contribution is -0.384. The maximum atomic E-state index is 12.1. The van der Waals surface area contributed by atoms with Gasteiger partial charge in [-0.15, -0.1) is 0 Å². The molecule has 0 bridgehead atoms. The van der Waals surface area contributed by atoms with Gasteiger partial charge in [-0.2, -0.15) is 0 Å². The molecule has 0 spiro atoms. The molecular formula is C18H15N3O3S. The number of thioether (sulfide) groups is 1. The quantitative estimate of drug-likeness (QED) is 0.511. The number of amidine groups is 1. The summed E-state index contributed by atoms with van der Waals surface area (Å²) in [5, 5.41) is 14.1. The highest BCUT2D eigenvalue weighted by Gasteiger charge is 2.24. The van der Waals surface area contributed by atoms with E-state index in [2.05, 4.69) is 10.3 Å². The lowest BCUT2D eigenvalue weighted by Crippen LogP contribution is -2.19. The van der Waals surface area contributed by atoms with E-state index in [-0.39, 0.29) is 11.6 Å². The number of nitrogens with one attached hydrogen (secondary N) is 1. The minimum Gasteiger partial charge on any atom is -0.300 e. The zero-order chi connectivity index (χ0) is 18.0. The van der Waals surface area contributed by atoms with Crippen LogP contribution < -0.4 is 5.32 Å². The number of nitro groups is 1. The Morgan fingerprint density at radius 2 is 2.00 bits per heavy atom. The maximum absolute atomic E-state index is 12.1. The monoisotopic (exact) mass is 353 g/mol. The van der Waals surface area contributed by atoms with Crippen LogP contribution in [0.5, 0.6) is 0 Å². The van der Waals surface area contributed by atoms with E-state index >= 15 is 0 Å². The average molecular weight is 353 g/mol. The second-order valence-electron chi connectivity index (χ2n) is 5.62. The normalized spacial score (nSPS) is 17.1. The maximum Gasteiger partial charge on any atom is 0.270 e. The molecule has 126 valence electrons. The van der Waals surface area contributed by atoms with Crippen LogP contribution in [0.4, 0.5) is 11.4 Å². The summed E-state index contributed by atoms with van der Waals surface area (Å²) < 4.78 is 0. The molecule has 0 radical (unpaired) electrons. The van der Waals surface area contributed by atoms with Gasteiger partial charge in [-0.3, -0.25) is 14.9 Å². The average Bonchev–Trinajstić information content (AvgIpc) is 2.90.